The van der Waals surface area contributed by atoms with Crippen molar-refractivity contribution in [1.82, 2.24) is 15.0 Å². The summed E-state index contributed by atoms with van der Waals surface area (Å²) in [5.41, 5.74) is 1.15. The van der Waals surface area contributed by atoms with Gasteiger partial charge in [-0.2, -0.15) is 4.98 Å². The van der Waals surface area contributed by atoms with Crippen LogP contribution in [0.2, 0.25) is 0 Å². The molecule has 0 saturated heterocycles. The zero-order chi connectivity index (χ0) is 14.5. The fourth-order valence-electron chi connectivity index (χ4n) is 1.71. The summed E-state index contributed by atoms with van der Waals surface area (Å²) in [5.74, 6) is 0.536. The Kier molecular flexibility index (Phi) is 4.04. The summed E-state index contributed by atoms with van der Waals surface area (Å²) in [6.07, 6.45) is 3.32. The minimum Gasteiger partial charge on any atom is -0.360 e. The molecule has 0 saturated carbocycles. The van der Waals surface area contributed by atoms with Gasteiger partial charge in [0.1, 0.15) is 5.69 Å². The van der Waals surface area contributed by atoms with E-state index < -0.39 is 4.92 Å². The Morgan fingerprint density at radius 3 is 2.60 bits per heavy atom. The van der Waals surface area contributed by atoms with Crippen molar-refractivity contribution < 1.29 is 4.92 Å². The SMILES string of the molecule is CNc1nc(C)c([N+](=O)[O-])c(NCc2ccncc2)n1. The number of rotatable bonds is 5. The molecular weight excluding hydrogens is 260 g/mol. The number of hydrogen-bond acceptors (Lipinski definition) is 7. The van der Waals surface area contributed by atoms with Gasteiger partial charge in [0, 0.05) is 26.0 Å². The van der Waals surface area contributed by atoms with E-state index in [1.807, 2.05) is 12.1 Å². The van der Waals surface area contributed by atoms with Gasteiger partial charge in [0.2, 0.25) is 11.8 Å². The molecule has 0 aromatic carbocycles. The molecule has 2 heterocycles. The smallest absolute Gasteiger partial charge is 0.332 e. The highest BCUT2D eigenvalue weighted by Crippen LogP contribution is 2.26. The van der Waals surface area contributed by atoms with E-state index >= 15 is 0 Å². The number of aryl methyl sites for hydroxylation is 1. The van der Waals surface area contributed by atoms with Gasteiger partial charge in [0.05, 0.1) is 4.92 Å². The highest BCUT2D eigenvalue weighted by atomic mass is 16.6. The van der Waals surface area contributed by atoms with Crippen LogP contribution in [-0.2, 0) is 6.54 Å². The number of nitrogens with zero attached hydrogens (tertiary/aromatic N) is 4. The molecule has 0 aliphatic carbocycles. The molecule has 2 rings (SSSR count). The van der Waals surface area contributed by atoms with Crippen molar-refractivity contribution in [2.75, 3.05) is 17.7 Å². The van der Waals surface area contributed by atoms with E-state index in [0.717, 1.165) is 5.56 Å². The van der Waals surface area contributed by atoms with E-state index in [-0.39, 0.29) is 11.5 Å². The Morgan fingerprint density at radius 2 is 2.00 bits per heavy atom. The molecule has 0 fully saturated rings. The third-order valence-electron chi connectivity index (χ3n) is 2.67. The monoisotopic (exact) mass is 274 g/mol. The lowest BCUT2D eigenvalue weighted by Crippen LogP contribution is -2.09. The molecule has 0 radical (unpaired) electrons. The largest absolute Gasteiger partial charge is 0.360 e. The van der Waals surface area contributed by atoms with Crippen molar-refractivity contribution >= 4 is 17.5 Å². The van der Waals surface area contributed by atoms with Crippen LogP contribution < -0.4 is 10.6 Å². The molecule has 20 heavy (non-hydrogen) atoms. The van der Waals surface area contributed by atoms with Crippen LogP contribution in [0.15, 0.2) is 24.5 Å². The van der Waals surface area contributed by atoms with E-state index in [9.17, 15) is 10.1 Å². The molecule has 0 aliphatic rings. The van der Waals surface area contributed by atoms with Crippen molar-refractivity contribution in [3.63, 3.8) is 0 Å². The molecule has 0 aliphatic heterocycles. The Bertz CT molecular complexity index is 617. The first-order valence-electron chi connectivity index (χ1n) is 5.95. The number of aromatic nitrogens is 3. The van der Waals surface area contributed by atoms with Crippen LogP contribution in [0, 0.1) is 17.0 Å². The highest BCUT2D eigenvalue weighted by molar-refractivity contribution is 5.60. The molecule has 104 valence electrons. The van der Waals surface area contributed by atoms with Crippen LogP contribution >= 0.6 is 0 Å². The van der Waals surface area contributed by atoms with Crippen LogP contribution in [0.1, 0.15) is 11.3 Å². The molecular formula is C12H14N6O2. The first kappa shape index (κ1) is 13.7. The lowest BCUT2D eigenvalue weighted by molar-refractivity contribution is -0.385. The lowest BCUT2D eigenvalue weighted by Gasteiger charge is -2.09. The van der Waals surface area contributed by atoms with Crippen molar-refractivity contribution in [3.05, 3.63) is 45.9 Å². The molecule has 0 spiro atoms. The molecule has 8 nitrogen and oxygen atoms in total. The highest BCUT2D eigenvalue weighted by Gasteiger charge is 2.21. The number of nitro groups is 1. The first-order valence-corrected chi connectivity index (χ1v) is 5.95. The molecule has 2 aromatic heterocycles. The molecule has 0 atom stereocenters. The first-order chi connectivity index (χ1) is 9.61. The summed E-state index contributed by atoms with van der Waals surface area (Å²) in [6.45, 7) is 2.00. The Hall–Kier alpha value is -2.77. The summed E-state index contributed by atoms with van der Waals surface area (Å²) in [4.78, 5) is 22.7. The zero-order valence-corrected chi connectivity index (χ0v) is 11.1. The standard InChI is InChI=1S/C12H14N6O2/c1-8-10(18(19)20)11(17-12(13-2)16-8)15-7-9-3-5-14-6-4-9/h3-6H,7H2,1-2H3,(H2,13,15,16,17). The maximum atomic E-state index is 11.1. The fourth-order valence-corrected chi connectivity index (χ4v) is 1.71. The maximum absolute atomic E-state index is 11.1. The van der Waals surface area contributed by atoms with Gasteiger partial charge in [-0.25, -0.2) is 4.98 Å². The summed E-state index contributed by atoms with van der Waals surface area (Å²) < 4.78 is 0. The number of pyridine rings is 1. The quantitative estimate of drug-likeness (QED) is 0.631. The van der Waals surface area contributed by atoms with Gasteiger partial charge in [-0.3, -0.25) is 15.1 Å². The molecule has 0 amide bonds. The van der Waals surface area contributed by atoms with Crippen molar-refractivity contribution in [2.45, 2.75) is 13.5 Å². The summed E-state index contributed by atoms with van der Waals surface area (Å²) in [5, 5.41) is 16.9. The van der Waals surface area contributed by atoms with Crippen LogP contribution in [0.4, 0.5) is 17.5 Å². The van der Waals surface area contributed by atoms with Crippen molar-refractivity contribution in [3.8, 4) is 0 Å². The lowest BCUT2D eigenvalue weighted by atomic mass is 10.2. The molecule has 2 N–H and O–H groups in total. The van der Waals surface area contributed by atoms with Gasteiger partial charge in [-0.05, 0) is 24.6 Å². The molecule has 8 heteroatoms. The van der Waals surface area contributed by atoms with Crippen LogP contribution in [-0.4, -0.2) is 26.9 Å². The van der Waals surface area contributed by atoms with Crippen LogP contribution in [0.3, 0.4) is 0 Å². The number of nitrogens with one attached hydrogen (secondary N) is 2. The average molecular weight is 274 g/mol. The van der Waals surface area contributed by atoms with E-state index in [2.05, 4.69) is 25.6 Å². The summed E-state index contributed by atoms with van der Waals surface area (Å²) in [7, 11) is 1.66. The van der Waals surface area contributed by atoms with Gasteiger partial charge in [0.15, 0.2) is 0 Å². The van der Waals surface area contributed by atoms with Crippen molar-refractivity contribution in [1.29, 1.82) is 0 Å². The van der Waals surface area contributed by atoms with E-state index in [0.29, 0.717) is 18.2 Å². The Labute approximate surface area is 115 Å². The van der Waals surface area contributed by atoms with Gasteiger partial charge in [0.25, 0.3) is 0 Å². The number of anilines is 2. The van der Waals surface area contributed by atoms with Crippen LogP contribution in [0.25, 0.3) is 0 Å². The van der Waals surface area contributed by atoms with E-state index in [1.54, 1.807) is 26.4 Å². The second kappa shape index (κ2) is 5.91. The minimum absolute atomic E-state index is 0.113. The predicted molar refractivity (Wildman–Crippen MR) is 74.5 cm³/mol. The second-order valence-corrected chi connectivity index (χ2v) is 4.05. The summed E-state index contributed by atoms with van der Waals surface area (Å²) in [6, 6.07) is 3.65. The van der Waals surface area contributed by atoms with Crippen molar-refractivity contribution in [2.24, 2.45) is 0 Å². The predicted octanol–water partition coefficient (Wildman–Crippen LogP) is 1.74. The zero-order valence-electron chi connectivity index (χ0n) is 11.1. The van der Waals surface area contributed by atoms with E-state index in [1.165, 1.54) is 0 Å². The molecule has 0 bridgehead atoms. The fraction of sp³-hybridized carbons (Fsp3) is 0.250. The van der Waals surface area contributed by atoms with Gasteiger partial charge in [-0.1, -0.05) is 0 Å². The molecule has 2 aromatic rings. The topological polar surface area (TPSA) is 106 Å². The van der Waals surface area contributed by atoms with Gasteiger partial charge in [-0.15, -0.1) is 0 Å². The minimum atomic E-state index is -0.482. The second-order valence-electron chi connectivity index (χ2n) is 4.05. The van der Waals surface area contributed by atoms with Crippen LogP contribution in [0.5, 0.6) is 0 Å². The van der Waals surface area contributed by atoms with Gasteiger partial charge >= 0.3 is 5.69 Å². The third kappa shape index (κ3) is 2.97. The summed E-state index contributed by atoms with van der Waals surface area (Å²) >= 11 is 0. The molecule has 0 unspecified atom stereocenters. The van der Waals surface area contributed by atoms with E-state index in [4.69, 9.17) is 0 Å². The maximum Gasteiger partial charge on any atom is 0.332 e. The normalized spacial score (nSPS) is 10.1. The number of hydrogen-bond donors (Lipinski definition) is 2. The average Bonchev–Trinajstić information content (AvgIpc) is 2.45. The third-order valence-corrected chi connectivity index (χ3v) is 2.67. The Balaban J connectivity index is 2.29. The van der Waals surface area contributed by atoms with Gasteiger partial charge < -0.3 is 10.6 Å². The Morgan fingerprint density at radius 1 is 1.30 bits per heavy atom.